The summed E-state index contributed by atoms with van der Waals surface area (Å²) >= 11 is 5.95. The Bertz CT molecular complexity index is 1200. The molecule has 0 radical (unpaired) electrons. The summed E-state index contributed by atoms with van der Waals surface area (Å²) in [4.78, 5) is 25.3. The first-order valence-electron chi connectivity index (χ1n) is 9.04. The Labute approximate surface area is 165 Å². The maximum Gasteiger partial charge on any atom is 0.261 e. The largest absolute Gasteiger partial charge is 0.337 e. The van der Waals surface area contributed by atoms with Gasteiger partial charge in [0.25, 0.3) is 5.56 Å². The third-order valence-corrected chi connectivity index (χ3v) is 5.51. The molecule has 3 heterocycles. The second kappa shape index (κ2) is 6.83. The second-order valence-electron chi connectivity index (χ2n) is 7.03. The smallest absolute Gasteiger partial charge is 0.261 e. The van der Waals surface area contributed by atoms with Gasteiger partial charge in [-0.15, -0.1) is 0 Å². The molecule has 0 N–H and O–H groups in total. The topological polar surface area (TPSA) is 86.7 Å². The minimum absolute atomic E-state index is 0.154. The van der Waals surface area contributed by atoms with Gasteiger partial charge >= 0.3 is 0 Å². The van der Waals surface area contributed by atoms with Gasteiger partial charge in [0, 0.05) is 17.1 Å². The van der Waals surface area contributed by atoms with Gasteiger partial charge in [0.2, 0.25) is 5.89 Å². The molecule has 0 saturated heterocycles. The molecule has 0 bridgehead atoms. The van der Waals surface area contributed by atoms with E-state index in [1.165, 1.54) is 16.5 Å². The van der Waals surface area contributed by atoms with Crippen LogP contribution in [0.2, 0.25) is 5.02 Å². The summed E-state index contributed by atoms with van der Waals surface area (Å²) in [6.45, 7) is 0.199. The number of nitrogens with zero attached hydrogens (tertiary/aromatic N) is 5. The molecular weight excluding hydrogens is 378 g/mol. The van der Waals surface area contributed by atoms with E-state index in [4.69, 9.17) is 16.1 Å². The predicted octanol–water partition coefficient (Wildman–Crippen LogP) is 3.54. The van der Waals surface area contributed by atoms with Crippen LogP contribution >= 0.6 is 11.6 Å². The van der Waals surface area contributed by atoms with Gasteiger partial charge in [-0.25, -0.2) is 4.98 Å². The van der Waals surface area contributed by atoms with E-state index in [2.05, 4.69) is 32.2 Å². The third kappa shape index (κ3) is 3.07. The lowest BCUT2D eigenvalue weighted by Crippen LogP contribution is -2.22. The van der Waals surface area contributed by atoms with Crippen LogP contribution in [-0.4, -0.2) is 24.7 Å². The number of pyridine rings is 1. The van der Waals surface area contributed by atoms with Crippen molar-refractivity contribution in [1.29, 1.82) is 0 Å². The number of fused-ring (bicyclic) bond motifs is 1. The molecule has 4 aromatic rings. The standard InChI is InChI=1S/C20H16ClN5O2/c21-15-3-1-12(2-4-15)13-7-14(8-13)19-24-18(28-25-19)10-26-11-23-17-9-22-6-5-16(17)20(26)27/h1-6,9,11,13-14H,7-8,10H2/t13-,14-. The van der Waals surface area contributed by atoms with E-state index in [1.54, 1.807) is 18.5 Å². The van der Waals surface area contributed by atoms with Gasteiger partial charge in [0.15, 0.2) is 5.82 Å². The average Bonchev–Trinajstić information content (AvgIpc) is 3.13. The monoisotopic (exact) mass is 393 g/mol. The zero-order chi connectivity index (χ0) is 19.1. The molecule has 8 heteroatoms. The van der Waals surface area contributed by atoms with Crippen molar-refractivity contribution in [1.82, 2.24) is 24.7 Å². The first kappa shape index (κ1) is 17.1. The Morgan fingerprint density at radius 3 is 2.79 bits per heavy atom. The van der Waals surface area contributed by atoms with E-state index in [0.29, 0.717) is 28.5 Å². The van der Waals surface area contributed by atoms with Crippen LogP contribution in [0, 0.1) is 0 Å². The molecule has 0 spiro atoms. The van der Waals surface area contributed by atoms with Crippen LogP contribution < -0.4 is 5.56 Å². The maximum atomic E-state index is 12.6. The molecule has 0 amide bonds. The lowest BCUT2D eigenvalue weighted by molar-refractivity contribution is 0.315. The highest BCUT2D eigenvalue weighted by atomic mass is 35.5. The molecule has 5 rings (SSSR count). The summed E-state index contributed by atoms with van der Waals surface area (Å²) in [5.41, 5.74) is 1.70. The number of hydrogen-bond acceptors (Lipinski definition) is 6. The van der Waals surface area contributed by atoms with Crippen molar-refractivity contribution < 1.29 is 4.52 Å². The molecule has 0 unspecified atom stereocenters. The number of halogens is 1. The van der Waals surface area contributed by atoms with Crippen LogP contribution in [0.4, 0.5) is 0 Å². The van der Waals surface area contributed by atoms with Gasteiger partial charge < -0.3 is 4.52 Å². The summed E-state index contributed by atoms with van der Waals surface area (Å²) < 4.78 is 6.84. The van der Waals surface area contributed by atoms with Crippen molar-refractivity contribution in [2.75, 3.05) is 0 Å². The fourth-order valence-electron chi connectivity index (χ4n) is 3.60. The first-order chi connectivity index (χ1) is 13.7. The van der Waals surface area contributed by atoms with Crippen molar-refractivity contribution in [2.45, 2.75) is 31.2 Å². The molecule has 3 aromatic heterocycles. The number of benzene rings is 1. The molecule has 1 saturated carbocycles. The van der Waals surface area contributed by atoms with Gasteiger partial charge in [0.1, 0.15) is 6.54 Å². The quantitative estimate of drug-likeness (QED) is 0.527. The summed E-state index contributed by atoms with van der Waals surface area (Å²) in [5, 5.41) is 5.38. The second-order valence-corrected chi connectivity index (χ2v) is 7.47. The molecule has 1 aliphatic rings. The fraction of sp³-hybridized carbons (Fsp3) is 0.250. The van der Waals surface area contributed by atoms with Gasteiger partial charge in [-0.2, -0.15) is 4.98 Å². The molecule has 7 nitrogen and oxygen atoms in total. The van der Waals surface area contributed by atoms with E-state index in [0.717, 1.165) is 17.9 Å². The summed E-state index contributed by atoms with van der Waals surface area (Å²) in [6, 6.07) is 9.63. The van der Waals surface area contributed by atoms with Gasteiger partial charge in [-0.05, 0) is 42.5 Å². The van der Waals surface area contributed by atoms with E-state index < -0.39 is 0 Å². The van der Waals surface area contributed by atoms with E-state index in [9.17, 15) is 4.79 Å². The van der Waals surface area contributed by atoms with Crippen molar-refractivity contribution >= 4 is 22.5 Å². The van der Waals surface area contributed by atoms with Crippen LogP contribution in [0.15, 0.2) is 58.4 Å². The van der Waals surface area contributed by atoms with Crippen molar-refractivity contribution in [2.24, 2.45) is 0 Å². The zero-order valence-corrected chi connectivity index (χ0v) is 15.6. The number of rotatable bonds is 4. The van der Waals surface area contributed by atoms with Crippen LogP contribution in [0.5, 0.6) is 0 Å². The number of hydrogen-bond donors (Lipinski definition) is 0. The minimum atomic E-state index is -0.154. The van der Waals surface area contributed by atoms with E-state index in [1.807, 2.05) is 12.1 Å². The Hall–Kier alpha value is -3.06. The minimum Gasteiger partial charge on any atom is -0.337 e. The molecular formula is C20H16ClN5O2. The zero-order valence-electron chi connectivity index (χ0n) is 14.8. The Balaban J connectivity index is 1.29. The van der Waals surface area contributed by atoms with Crippen LogP contribution in [0.1, 0.15) is 42.0 Å². The van der Waals surface area contributed by atoms with Gasteiger partial charge in [-0.1, -0.05) is 28.9 Å². The van der Waals surface area contributed by atoms with E-state index >= 15 is 0 Å². The molecule has 1 aliphatic carbocycles. The molecule has 1 fully saturated rings. The van der Waals surface area contributed by atoms with Crippen LogP contribution in [0.3, 0.4) is 0 Å². The summed E-state index contributed by atoms with van der Waals surface area (Å²) in [5.74, 6) is 1.87. The number of aromatic nitrogens is 5. The Morgan fingerprint density at radius 2 is 1.96 bits per heavy atom. The first-order valence-corrected chi connectivity index (χ1v) is 9.42. The summed E-state index contributed by atoms with van der Waals surface area (Å²) in [6.07, 6.45) is 6.58. The molecule has 28 heavy (non-hydrogen) atoms. The van der Waals surface area contributed by atoms with Crippen molar-refractivity contribution in [3.63, 3.8) is 0 Å². The average molecular weight is 394 g/mol. The molecule has 0 aliphatic heterocycles. The van der Waals surface area contributed by atoms with Crippen molar-refractivity contribution in [3.8, 4) is 0 Å². The lowest BCUT2D eigenvalue weighted by Gasteiger charge is -2.33. The molecule has 140 valence electrons. The highest BCUT2D eigenvalue weighted by Gasteiger charge is 2.34. The summed E-state index contributed by atoms with van der Waals surface area (Å²) in [7, 11) is 0. The van der Waals surface area contributed by atoms with Gasteiger partial charge in [-0.3, -0.25) is 14.3 Å². The molecule has 0 atom stereocenters. The van der Waals surface area contributed by atoms with Crippen LogP contribution in [0.25, 0.3) is 10.9 Å². The Morgan fingerprint density at radius 1 is 1.14 bits per heavy atom. The fourth-order valence-corrected chi connectivity index (χ4v) is 3.73. The van der Waals surface area contributed by atoms with E-state index in [-0.39, 0.29) is 18.0 Å². The SMILES string of the molecule is O=c1c2ccncc2ncn1Cc1nc([C@H]2C[C@H](c3ccc(Cl)cc3)C2)no1. The predicted molar refractivity (Wildman–Crippen MR) is 103 cm³/mol. The maximum absolute atomic E-state index is 12.6. The Kier molecular flexibility index (Phi) is 4.16. The normalized spacial score (nSPS) is 18.9. The van der Waals surface area contributed by atoms with Crippen LogP contribution in [-0.2, 0) is 6.54 Å². The van der Waals surface area contributed by atoms with Crippen molar-refractivity contribution in [3.05, 3.63) is 81.7 Å². The molecule has 1 aromatic carbocycles. The third-order valence-electron chi connectivity index (χ3n) is 5.26. The van der Waals surface area contributed by atoms with Gasteiger partial charge in [0.05, 0.1) is 23.4 Å². The lowest BCUT2D eigenvalue weighted by atomic mass is 9.71. The highest BCUT2D eigenvalue weighted by molar-refractivity contribution is 6.30. The highest BCUT2D eigenvalue weighted by Crippen LogP contribution is 2.46.